The molecule has 0 aromatic rings. The second kappa shape index (κ2) is 74.0. The first-order chi connectivity index (χ1) is 45.6. The topological polar surface area (TPSA) is 111 Å². The number of nitrogens with zero attached hydrogens (tertiary/aromatic N) is 1. The molecular formula is C84H149NO8. The molecule has 0 aliphatic heterocycles. The van der Waals surface area contributed by atoms with Crippen LogP contribution < -0.4 is 5.11 Å². The van der Waals surface area contributed by atoms with Gasteiger partial charge in [-0.05, 0) is 77.0 Å². The van der Waals surface area contributed by atoms with Crippen molar-refractivity contribution in [2.45, 2.75) is 373 Å². The second-order valence-corrected chi connectivity index (χ2v) is 27.6. The summed E-state index contributed by atoms with van der Waals surface area (Å²) in [7, 11) is 5.94. The molecule has 0 heterocycles. The standard InChI is InChI=1S/C84H149NO8/c1-6-8-10-12-14-16-18-20-22-24-26-28-30-32-34-36-38-40-41-43-45-47-49-51-53-55-57-59-61-63-65-67-69-71-73-75-82(87)93-80(79-92-84(83(88)89)90-77-76-85(3,4)5)78-91-81(86)74-72-70-68-66-64-62-60-58-56-54-52-50-48-46-44-42-39-37-35-33-31-29-27-25-23-21-19-17-15-13-11-9-7-2/h8,10,14,16,20,22,26,28,32,34,38,40,43,45,49,51,80,84H,6-7,9,11-13,15,17-19,21,23-25,27,29-31,33,35-37,39,41-42,44,46-48,50,52-79H2,1-5H3/b10-8-,16-14-,22-20-,28-26-,34-32-,40-38-,45-43-,51-49-. The van der Waals surface area contributed by atoms with E-state index in [1.807, 2.05) is 21.1 Å². The third-order valence-corrected chi connectivity index (χ3v) is 17.3. The van der Waals surface area contributed by atoms with E-state index in [9.17, 15) is 19.5 Å². The summed E-state index contributed by atoms with van der Waals surface area (Å²) in [6, 6.07) is 0. The molecule has 0 aromatic carbocycles. The number of carboxylic acids is 1. The van der Waals surface area contributed by atoms with E-state index in [0.29, 0.717) is 23.9 Å². The third-order valence-electron chi connectivity index (χ3n) is 17.3. The van der Waals surface area contributed by atoms with Crippen LogP contribution in [-0.4, -0.2) is 82.3 Å². The molecule has 0 saturated heterocycles. The highest BCUT2D eigenvalue weighted by Crippen LogP contribution is 2.19. The maximum absolute atomic E-state index is 13.0. The van der Waals surface area contributed by atoms with Crippen molar-refractivity contribution in [2.24, 2.45) is 0 Å². The Morgan fingerprint density at radius 3 is 0.914 bits per heavy atom. The Balaban J connectivity index is 4.06. The zero-order valence-electron chi connectivity index (χ0n) is 61.6. The maximum atomic E-state index is 13.0. The second-order valence-electron chi connectivity index (χ2n) is 27.6. The summed E-state index contributed by atoms with van der Waals surface area (Å²) in [5.41, 5.74) is 0. The van der Waals surface area contributed by atoms with E-state index in [2.05, 4.69) is 111 Å². The van der Waals surface area contributed by atoms with Crippen LogP contribution >= 0.6 is 0 Å². The van der Waals surface area contributed by atoms with Crippen LogP contribution in [0.2, 0.25) is 0 Å². The van der Waals surface area contributed by atoms with Crippen LogP contribution in [0.4, 0.5) is 0 Å². The largest absolute Gasteiger partial charge is 0.545 e. The zero-order chi connectivity index (χ0) is 67.5. The number of carboxylic acid groups (broad SMARTS) is 1. The smallest absolute Gasteiger partial charge is 0.306 e. The van der Waals surface area contributed by atoms with Gasteiger partial charge in [-0.3, -0.25) is 9.59 Å². The van der Waals surface area contributed by atoms with Gasteiger partial charge in [0.2, 0.25) is 0 Å². The number of unbranched alkanes of at least 4 members (excludes halogenated alkanes) is 42. The minimum atomic E-state index is -1.63. The summed E-state index contributed by atoms with van der Waals surface area (Å²) in [5, 5.41) is 11.9. The summed E-state index contributed by atoms with van der Waals surface area (Å²) in [6.07, 6.45) is 99.5. The predicted octanol–water partition coefficient (Wildman–Crippen LogP) is 23.8. The van der Waals surface area contributed by atoms with E-state index in [1.165, 1.54) is 231 Å². The van der Waals surface area contributed by atoms with Crippen molar-refractivity contribution in [3.8, 4) is 0 Å². The number of carbonyl (C=O) groups excluding carboxylic acids is 3. The molecule has 0 saturated carbocycles. The Morgan fingerprint density at radius 2 is 0.613 bits per heavy atom. The summed E-state index contributed by atoms with van der Waals surface area (Å²) in [6.45, 7) is 4.68. The first-order valence-corrected chi connectivity index (χ1v) is 39.4. The van der Waals surface area contributed by atoms with Crippen LogP contribution in [0, 0.1) is 0 Å². The monoisotopic (exact) mass is 1300 g/mol. The van der Waals surface area contributed by atoms with Crippen LogP contribution in [0.1, 0.15) is 361 Å². The van der Waals surface area contributed by atoms with Crippen molar-refractivity contribution in [3.05, 3.63) is 97.2 Å². The number of hydrogen-bond donors (Lipinski definition) is 0. The number of carbonyl (C=O) groups is 3. The molecular weight excluding hydrogens is 1150 g/mol. The first kappa shape index (κ1) is 89.2. The van der Waals surface area contributed by atoms with Crippen LogP contribution in [-0.2, 0) is 33.3 Å². The molecule has 538 valence electrons. The molecule has 2 unspecified atom stereocenters. The molecule has 9 nitrogen and oxygen atoms in total. The van der Waals surface area contributed by atoms with E-state index < -0.39 is 24.3 Å². The molecule has 0 N–H and O–H groups in total. The van der Waals surface area contributed by atoms with E-state index in [-0.39, 0.29) is 32.2 Å². The molecule has 0 aliphatic carbocycles. The van der Waals surface area contributed by atoms with Crippen LogP contribution in [0.15, 0.2) is 97.2 Å². The van der Waals surface area contributed by atoms with Gasteiger partial charge in [-0.15, -0.1) is 0 Å². The Kier molecular flexibility index (Phi) is 71.0. The summed E-state index contributed by atoms with van der Waals surface area (Å²) in [5.74, 6) is -2.27. The van der Waals surface area contributed by atoms with Crippen LogP contribution in [0.25, 0.3) is 0 Å². The van der Waals surface area contributed by atoms with Crippen molar-refractivity contribution in [1.82, 2.24) is 0 Å². The molecule has 93 heavy (non-hydrogen) atoms. The fraction of sp³-hybridized carbons (Fsp3) is 0.774. The average molecular weight is 1300 g/mol. The molecule has 9 heteroatoms. The number of rotatable bonds is 73. The Bertz CT molecular complexity index is 1850. The van der Waals surface area contributed by atoms with Gasteiger partial charge < -0.3 is 33.3 Å². The highest BCUT2D eigenvalue weighted by Gasteiger charge is 2.22. The number of esters is 2. The van der Waals surface area contributed by atoms with E-state index >= 15 is 0 Å². The van der Waals surface area contributed by atoms with Gasteiger partial charge in [0.1, 0.15) is 13.2 Å². The zero-order valence-corrected chi connectivity index (χ0v) is 61.6. The summed E-state index contributed by atoms with van der Waals surface area (Å²) >= 11 is 0. The first-order valence-electron chi connectivity index (χ1n) is 39.4. The van der Waals surface area contributed by atoms with E-state index in [1.54, 1.807) is 0 Å². The van der Waals surface area contributed by atoms with Crippen LogP contribution in [0.3, 0.4) is 0 Å². The number of quaternary nitrogens is 1. The number of allylic oxidation sites excluding steroid dienone is 16. The molecule has 0 amide bonds. The fourth-order valence-corrected chi connectivity index (χ4v) is 11.4. The SMILES string of the molecule is CC/C=C\C/C=C\C/C=C\C/C=C\C/C=C\C/C=C\C/C=C\C/C=C\CCCCCCCCCCCCC(=O)OC(COC(=O)CCCCCCCCCCCCCCCCCCCCCCCCCCCCCCCCCCC)COC(OCC[N+](C)(C)C)C(=O)[O-]. The highest BCUT2D eigenvalue weighted by molar-refractivity contribution is 5.70. The van der Waals surface area contributed by atoms with Gasteiger partial charge in [-0.2, -0.15) is 0 Å². The average Bonchev–Trinajstić information content (AvgIpc) is 3.74. The lowest BCUT2D eigenvalue weighted by Gasteiger charge is -2.26. The lowest BCUT2D eigenvalue weighted by atomic mass is 10.0. The molecule has 0 rings (SSSR count). The molecule has 0 aliphatic rings. The van der Waals surface area contributed by atoms with Gasteiger partial charge >= 0.3 is 11.9 Å². The number of ether oxygens (including phenoxy) is 4. The molecule has 0 bridgehead atoms. The maximum Gasteiger partial charge on any atom is 0.306 e. The van der Waals surface area contributed by atoms with Gasteiger partial charge in [0.05, 0.1) is 40.3 Å². The Morgan fingerprint density at radius 1 is 0.333 bits per heavy atom. The van der Waals surface area contributed by atoms with Crippen molar-refractivity contribution in [2.75, 3.05) is 47.5 Å². The fourth-order valence-electron chi connectivity index (χ4n) is 11.4. The lowest BCUT2D eigenvalue weighted by molar-refractivity contribution is -0.870. The Hall–Kier alpha value is -3.79. The van der Waals surface area contributed by atoms with Crippen molar-refractivity contribution in [1.29, 1.82) is 0 Å². The van der Waals surface area contributed by atoms with Crippen molar-refractivity contribution >= 4 is 17.9 Å². The van der Waals surface area contributed by atoms with Crippen molar-refractivity contribution in [3.63, 3.8) is 0 Å². The van der Waals surface area contributed by atoms with E-state index in [4.69, 9.17) is 18.9 Å². The normalized spacial score (nSPS) is 13.2. The minimum Gasteiger partial charge on any atom is -0.545 e. The van der Waals surface area contributed by atoms with Gasteiger partial charge in [0.15, 0.2) is 12.4 Å². The molecule has 0 spiro atoms. The minimum absolute atomic E-state index is 0.145. The summed E-state index contributed by atoms with van der Waals surface area (Å²) < 4.78 is 22.9. The molecule has 0 radical (unpaired) electrons. The van der Waals surface area contributed by atoms with E-state index in [0.717, 1.165) is 96.3 Å². The van der Waals surface area contributed by atoms with Gasteiger partial charge in [-0.25, -0.2) is 0 Å². The third kappa shape index (κ3) is 75.5. The number of aliphatic carboxylic acids is 1. The van der Waals surface area contributed by atoms with Crippen molar-refractivity contribution < 1.29 is 42.9 Å². The number of hydrogen-bond acceptors (Lipinski definition) is 8. The van der Waals surface area contributed by atoms with Gasteiger partial charge in [0, 0.05) is 12.8 Å². The predicted molar refractivity (Wildman–Crippen MR) is 398 cm³/mol. The molecule has 0 fully saturated rings. The highest BCUT2D eigenvalue weighted by atomic mass is 16.7. The van der Waals surface area contributed by atoms with Gasteiger partial charge in [0.25, 0.3) is 0 Å². The van der Waals surface area contributed by atoms with Crippen LogP contribution in [0.5, 0.6) is 0 Å². The Labute approximate surface area is 575 Å². The molecule has 2 atom stereocenters. The van der Waals surface area contributed by atoms with Gasteiger partial charge in [-0.1, -0.05) is 368 Å². The lowest BCUT2D eigenvalue weighted by Crippen LogP contribution is -2.44. The molecule has 0 aromatic heterocycles. The quantitative estimate of drug-likeness (QED) is 0.0195. The summed E-state index contributed by atoms with van der Waals surface area (Å²) in [4.78, 5) is 37.6. The number of likely N-dealkylation sites (N-methyl/N-ethyl adjacent to an activating group) is 1.